The summed E-state index contributed by atoms with van der Waals surface area (Å²) in [6.07, 6.45) is 2.57. The van der Waals surface area contributed by atoms with Crippen molar-refractivity contribution in [3.05, 3.63) is 29.8 Å². The second-order valence-corrected chi connectivity index (χ2v) is 5.59. The molecule has 1 heterocycles. The van der Waals surface area contributed by atoms with E-state index in [0.717, 1.165) is 12.2 Å². The molecule has 0 saturated carbocycles. The van der Waals surface area contributed by atoms with Crippen molar-refractivity contribution in [3.63, 3.8) is 0 Å². The molecule has 4 nitrogen and oxygen atoms in total. The molecule has 2 N–H and O–H groups in total. The maximum Gasteiger partial charge on any atom is 0.228 e. The van der Waals surface area contributed by atoms with Gasteiger partial charge in [0.2, 0.25) is 5.91 Å². The lowest BCUT2D eigenvalue weighted by molar-refractivity contribution is -0.119. The molecule has 1 aliphatic heterocycles. The van der Waals surface area contributed by atoms with Crippen LogP contribution in [0.1, 0.15) is 25.3 Å². The van der Waals surface area contributed by atoms with E-state index in [0.29, 0.717) is 6.54 Å². The summed E-state index contributed by atoms with van der Waals surface area (Å²) in [5.74, 6) is 0.0491. The Kier molecular flexibility index (Phi) is 5.56. The quantitative estimate of drug-likeness (QED) is 0.835. The van der Waals surface area contributed by atoms with Crippen molar-refractivity contribution in [1.82, 2.24) is 10.2 Å². The van der Waals surface area contributed by atoms with Crippen LogP contribution in [0.15, 0.2) is 24.3 Å². The molecule has 1 amide bonds. The van der Waals surface area contributed by atoms with Crippen molar-refractivity contribution in [2.45, 2.75) is 26.3 Å². The summed E-state index contributed by atoms with van der Waals surface area (Å²) >= 11 is 0. The highest BCUT2D eigenvalue weighted by atomic mass is 16.1. The summed E-state index contributed by atoms with van der Waals surface area (Å²) in [7, 11) is 1.87. The van der Waals surface area contributed by atoms with E-state index in [9.17, 15) is 4.79 Å². The second kappa shape index (κ2) is 7.41. The summed E-state index contributed by atoms with van der Waals surface area (Å²) in [4.78, 5) is 14.6. The first-order valence-electron chi connectivity index (χ1n) is 7.46. The van der Waals surface area contributed by atoms with Gasteiger partial charge in [0.25, 0.3) is 0 Å². The van der Waals surface area contributed by atoms with Gasteiger partial charge in [-0.15, -0.1) is 0 Å². The third-order valence-corrected chi connectivity index (χ3v) is 3.83. The number of anilines is 1. The molecule has 2 rings (SSSR count). The van der Waals surface area contributed by atoms with Gasteiger partial charge in [-0.05, 0) is 44.6 Å². The maximum absolute atomic E-state index is 12.1. The number of carbonyl (C=O) groups excluding carboxylic acids is 1. The van der Waals surface area contributed by atoms with E-state index < -0.39 is 0 Å². The predicted molar refractivity (Wildman–Crippen MR) is 82.7 cm³/mol. The summed E-state index contributed by atoms with van der Waals surface area (Å²) in [6, 6.07) is 8.12. The predicted octanol–water partition coefficient (Wildman–Crippen LogP) is 2.08. The van der Waals surface area contributed by atoms with Crippen LogP contribution in [0.5, 0.6) is 0 Å². The van der Waals surface area contributed by atoms with Crippen molar-refractivity contribution in [2.24, 2.45) is 5.92 Å². The molecule has 0 bridgehead atoms. The van der Waals surface area contributed by atoms with Gasteiger partial charge in [0.15, 0.2) is 0 Å². The van der Waals surface area contributed by atoms with Crippen LogP contribution in [0.25, 0.3) is 0 Å². The highest BCUT2D eigenvalue weighted by Crippen LogP contribution is 2.20. The van der Waals surface area contributed by atoms with E-state index in [1.807, 2.05) is 32.2 Å². The zero-order valence-corrected chi connectivity index (χ0v) is 12.5. The van der Waals surface area contributed by atoms with Crippen LogP contribution in [-0.4, -0.2) is 37.5 Å². The van der Waals surface area contributed by atoms with E-state index in [-0.39, 0.29) is 11.8 Å². The van der Waals surface area contributed by atoms with E-state index in [1.54, 1.807) is 0 Å². The highest BCUT2D eigenvalue weighted by Gasteiger charge is 2.16. The number of rotatable bonds is 6. The van der Waals surface area contributed by atoms with Crippen LogP contribution in [0.3, 0.4) is 0 Å². The average Bonchev–Trinajstić information content (AvgIpc) is 2.94. The lowest BCUT2D eigenvalue weighted by atomic mass is 10.1. The maximum atomic E-state index is 12.1. The SMILES string of the molecule is CNCC(C)C(=O)Nc1ccccc1CN1CCCC1. The van der Waals surface area contributed by atoms with Crippen molar-refractivity contribution < 1.29 is 4.79 Å². The van der Waals surface area contributed by atoms with Crippen LogP contribution in [0.2, 0.25) is 0 Å². The van der Waals surface area contributed by atoms with Crippen molar-refractivity contribution in [3.8, 4) is 0 Å². The summed E-state index contributed by atoms with van der Waals surface area (Å²) in [6.45, 7) is 5.89. The number of likely N-dealkylation sites (tertiary alicyclic amines) is 1. The third kappa shape index (κ3) is 4.05. The van der Waals surface area contributed by atoms with Crippen LogP contribution in [0.4, 0.5) is 5.69 Å². The molecule has 0 aliphatic carbocycles. The Labute approximate surface area is 121 Å². The minimum Gasteiger partial charge on any atom is -0.326 e. The fourth-order valence-corrected chi connectivity index (χ4v) is 2.62. The molecular weight excluding hydrogens is 250 g/mol. The van der Waals surface area contributed by atoms with Crippen molar-refractivity contribution >= 4 is 11.6 Å². The Balaban J connectivity index is 2.01. The largest absolute Gasteiger partial charge is 0.326 e. The number of nitrogens with zero attached hydrogens (tertiary/aromatic N) is 1. The first kappa shape index (κ1) is 15.0. The van der Waals surface area contributed by atoms with Gasteiger partial charge in [0, 0.05) is 24.7 Å². The van der Waals surface area contributed by atoms with Crippen LogP contribution in [-0.2, 0) is 11.3 Å². The van der Waals surface area contributed by atoms with E-state index in [2.05, 4.69) is 21.6 Å². The van der Waals surface area contributed by atoms with Crippen LogP contribution >= 0.6 is 0 Å². The Morgan fingerprint density at radius 1 is 1.30 bits per heavy atom. The lowest BCUT2D eigenvalue weighted by Gasteiger charge is -2.19. The van der Waals surface area contributed by atoms with Gasteiger partial charge in [-0.1, -0.05) is 25.1 Å². The van der Waals surface area contributed by atoms with E-state index in [4.69, 9.17) is 0 Å². The standard InChI is InChI=1S/C16H25N3O/c1-13(11-17-2)16(20)18-15-8-4-3-7-14(15)12-19-9-5-6-10-19/h3-4,7-8,13,17H,5-6,9-12H2,1-2H3,(H,18,20). The fraction of sp³-hybridized carbons (Fsp3) is 0.562. The Hall–Kier alpha value is -1.39. The molecule has 1 atom stereocenters. The molecular formula is C16H25N3O. The monoisotopic (exact) mass is 275 g/mol. The normalized spacial score (nSPS) is 17.1. The van der Waals surface area contributed by atoms with E-state index in [1.165, 1.54) is 31.5 Å². The molecule has 0 radical (unpaired) electrons. The van der Waals surface area contributed by atoms with Gasteiger partial charge in [-0.25, -0.2) is 0 Å². The van der Waals surface area contributed by atoms with Gasteiger partial charge < -0.3 is 10.6 Å². The molecule has 1 fully saturated rings. The van der Waals surface area contributed by atoms with Gasteiger partial charge >= 0.3 is 0 Å². The molecule has 4 heteroatoms. The third-order valence-electron chi connectivity index (χ3n) is 3.83. The average molecular weight is 275 g/mol. The lowest BCUT2D eigenvalue weighted by Crippen LogP contribution is -2.29. The first-order chi connectivity index (χ1) is 9.70. The number of nitrogens with one attached hydrogen (secondary N) is 2. The number of carbonyl (C=O) groups is 1. The molecule has 1 aromatic carbocycles. The minimum atomic E-state index is -0.0279. The summed E-state index contributed by atoms with van der Waals surface area (Å²) < 4.78 is 0. The first-order valence-corrected chi connectivity index (χ1v) is 7.46. The number of para-hydroxylation sites is 1. The van der Waals surface area contributed by atoms with Gasteiger partial charge in [0.1, 0.15) is 0 Å². The second-order valence-electron chi connectivity index (χ2n) is 5.59. The van der Waals surface area contributed by atoms with E-state index >= 15 is 0 Å². The van der Waals surface area contributed by atoms with Gasteiger partial charge in [0.05, 0.1) is 0 Å². The Morgan fingerprint density at radius 2 is 2.00 bits per heavy atom. The van der Waals surface area contributed by atoms with Crippen molar-refractivity contribution in [2.75, 3.05) is 32.0 Å². The molecule has 1 aromatic rings. The molecule has 0 spiro atoms. The highest BCUT2D eigenvalue weighted by molar-refractivity contribution is 5.93. The molecule has 110 valence electrons. The topological polar surface area (TPSA) is 44.4 Å². The molecule has 20 heavy (non-hydrogen) atoms. The number of benzene rings is 1. The number of hydrogen-bond acceptors (Lipinski definition) is 3. The minimum absolute atomic E-state index is 0.0279. The van der Waals surface area contributed by atoms with Gasteiger partial charge in [-0.3, -0.25) is 9.69 Å². The number of hydrogen-bond donors (Lipinski definition) is 2. The summed E-state index contributed by atoms with van der Waals surface area (Å²) in [5.41, 5.74) is 2.16. The van der Waals surface area contributed by atoms with Gasteiger partial charge in [-0.2, -0.15) is 0 Å². The summed E-state index contributed by atoms with van der Waals surface area (Å²) in [5, 5.41) is 6.10. The number of amides is 1. The zero-order chi connectivity index (χ0) is 14.4. The molecule has 1 aliphatic rings. The van der Waals surface area contributed by atoms with Crippen molar-refractivity contribution in [1.29, 1.82) is 0 Å². The smallest absolute Gasteiger partial charge is 0.228 e. The van der Waals surface area contributed by atoms with Crippen LogP contribution < -0.4 is 10.6 Å². The molecule has 1 saturated heterocycles. The molecule has 1 unspecified atom stereocenters. The molecule has 0 aromatic heterocycles. The Morgan fingerprint density at radius 3 is 2.70 bits per heavy atom. The van der Waals surface area contributed by atoms with Crippen LogP contribution in [0, 0.1) is 5.92 Å². The fourth-order valence-electron chi connectivity index (χ4n) is 2.62. The Bertz CT molecular complexity index is 441. The zero-order valence-electron chi connectivity index (χ0n) is 12.5.